The molecule has 3 N–H and O–H groups in total. The molecule has 2 aromatic rings. The molecule has 0 radical (unpaired) electrons. The normalized spacial score (nSPS) is 10.9. The third-order valence-corrected chi connectivity index (χ3v) is 4.10. The van der Waals surface area contributed by atoms with Crippen molar-refractivity contribution in [1.29, 1.82) is 0 Å². The van der Waals surface area contributed by atoms with Gasteiger partial charge in [-0.05, 0) is 46.2 Å². The number of nitrogen functional groups attached to an aromatic ring is 1. The molecule has 0 spiro atoms. The molecular formula is C11H12BrFN4OS. The topological polar surface area (TPSA) is 76.7 Å². The van der Waals surface area contributed by atoms with E-state index in [-0.39, 0.29) is 5.69 Å². The van der Waals surface area contributed by atoms with Crippen molar-refractivity contribution < 1.29 is 4.39 Å². The number of nitrogens with zero attached hydrogens (tertiary/aromatic N) is 2. The Morgan fingerprint density at radius 1 is 1.58 bits per heavy atom. The molecule has 0 amide bonds. The monoisotopic (exact) mass is 346 g/mol. The lowest BCUT2D eigenvalue weighted by atomic mass is 10.3. The van der Waals surface area contributed by atoms with Crippen molar-refractivity contribution in [3.8, 4) is 0 Å². The first-order valence-corrected chi connectivity index (χ1v) is 7.21. The number of aromatic amines is 1. The average molecular weight is 347 g/mol. The third kappa shape index (κ3) is 3.01. The van der Waals surface area contributed by atoms with Crippen molar-refractivity contribution >= 4 is 33.4 Å². The number of nitrogens with two attached hydrogens (primary N) is 1. The predicted molar refractivity (Wildman–Crippen MR) is 75.8 cm³/mol. The van der Waals surface area contributed by atoms with Crippen LogP contribution in [0.1, 0.15) is 13.3 Å². The van der Waals surface area contributed by atoms with Crippen LogP contribution in [0.2, 0.25) is 0 Å². The van der Waals surface area contributed by atoms with Crippen LogP contribution in [0.15, 0.2) is 31.5 Å². The van der Waals surface area contributed by atoms with E-state index in [1.807, 2.05) is 6.92 Å². The summed E-state index contributed by atoms with van der Waals surface area (Å²) in [5.74, 6) is -0.406. The molecule has 1 aromatic carbocycles. The van der Waals surface area contributed by atoms with E-state index in [1.165, 1.54) is 16.7 Å². The number of benzene rings is 1. The minimum absolute atomic E-state index is 0.277. The van der Waals surface area contributed by atoms with Gasteiger partial charge in [-0.3, -0.25) is 4.57 Å². The van der Waals surface area contributed by atoms with Crippen molar-refractivity contribution in [2.75, 3.05) is 5.73 Å². The maximum absolute atomic E-state index is 13.5. The number of hydrogen-bond donors (Lipinski definition) is 2. The molecule has 0 aliphatic carbocycles. The molecule has 1 heterocycles. The van der Waals surface area contributed by atoms with Crippen molar-refractivity contribution in [2.24, 2.45) is 0 Å². The number of halogens is 2. The summed E-state index contributed by atoms with van der Waals surface area (Å²) in [4.78, 5) is 12.1. The SMILES string of the molecule is CCCn1c(Sc2cc(F)c(Br)cc2N)n[nH]c1=O. The first-order chi connectivity index (χ1) is 9.02. The quantitative estimate of drug-likeness (QED) is 0.834. The molecule has 0 aliphatic heterocycles. The second kappa shape index (κ2) is 5.79. The van der Waals surface area contributed by atoms with Gasteiger partial charge in [-0.15, -0.1) is 5.10 Å². The summed E-state index contributed by atoms with van der Waals surface area (Å²) in [7, 11) is 0. The molecular weight excluding hydrogens is 335 g/mol. The van der Waals surface area contributed by atoms with E-state index in [0.29, 0.717) is 26.8 Å². The highest BCUT2D eigenvalue weighted by atomic mass is 79.9. The maximum Gasteiger partial charge on any atom is 0.343 e. The van der Waals surface area contributed by atoms with Gasteiger partial charge in [0.25, 0.3) is 0 Å². The third-order valence-electron chi connectivity index (χ3n) is 2.42. The molecule has 102 valence electrons. The van der Waals surface area contributed by atoms with E-state index in [1.54, 1.807) is 0 Å². The minimum atomic E-state index is -0.406. The summed E-state index contributed by atoms with van der Waals surface area (Å²) in [5, 5.41) is 6.77. The summed E-state index contributed by atoms with van der Waals surface area (Å²) in [6.07, 6.45) is 0.803. The molecule has 1 aromatic heterocycles. The first-order valence-electron chi connectivity index (χ1n) is 5.60. The molecule has 0 atom stereocenters. The van der Waals surface area contributed by atoms with Gasteiger partial charge in [-0.1, -0.05) is 6.92 Å². The number of nitrogens with one attached hydrogen (secondary N) is 1. The van der Waals surface area contributed by atoms with Gasteiger partial charge in [-0.2, -0.15) is 0 Å². The van der Waals surface area contributed by atoms with Gasteiger partial charge in [0.1, 0.15) is 5.82 Å². The van der Waals surface area contributed by atoms with Gasteiger partial charge in [0.2, 0.25) is 0 Å². The lowest BCUT2D eigenvalue weighted by molar-refractivity contribution is 0.603. The molecule has 0 saturated heterocycles. The smallest absolute Gasteiger partial charge is 0.343 e. The lowest BCUT2D eigenvalue weighted by Crippen LogP contribution is -2.17. The van der Waals surface area contributed by atoms with E-state index < -0.39 is 5.82 Å². The zero-order chi connectivity index (χ0) is 14.0. The number of hydrogen-bond acceptors (Lipinski definition) is 4. The second-order valence-corrected chi connectivity index (χ2v) is 5.73. The summed E-state index contributed by atoms with van der Waals surface area (Å²) in [6.45, 7) is 2.51. The second-order valence-electron chi connectivity index (χ2n) is 3.87. The highest BCUT2D eigenvalue weighted by Crippen LogP contribution is 2.33. The van der Waals surface area contributed by atoms with Gasteiger partial charge in [0.05, 0.1) is 4.47 Å². The lowest BCUT2D eigenvalue weighted by Gasteiger charge is -2.07. The van der Waals surface area contributed by atoms with Gasteiger partial charge < -0.3 is 5.73 Å². The van der Waals surface area contributed by atoms with Crippen LogP contribution in [0.3, 0.4) is 0 Å². The Kier molecular flexibility index (Phi) is 4.31. The molecule has 0 aliphatic rings. The van der Waals surface area contributed by atoms with Crippen LogP contribution in [0.5, 0.6) is 0 Å². The molecule has 0 fully saturated rings. The van der Waals surface area contributed by atoms with Crippen LogP contribution >= 0.6 is 27.7 Å². The van der Waals surface area contributed by atoms with Gasteiger partial charge in [0, 0.05) is 17.1 Å². The number of H-pyrrole nitrogens is 1. The minimum Gasteiger partial charge on any atom is -0.398 e. The zero-order valence-corrected chi connectivity index (χ0v) is 12.5. The van der Waals surface area contributed by atoms with Crippen LogP contribution in [-0.4, -0.2) is 14.8 Å². The highest BCUT2D eigenvalue weighted by Gasteiger charge is 2.13. The summed E-state index contributed by atoms with van der Waals surface area (Å²) in [5.41, 5.74) is 5.98. The zero-order valence-electron chi connectivity index (χ0n) is 10.1. The fourth-order valence-electron chi connectivity index (χ4n) is 1.53. The van der Waals surface area contributed by atoms with E-state index in [2.05, 4.69) is 26.1 Å². The Balaban J connectivity index is 2.36. The van der Waals surface area contributed by atoms with E-state index in [0.717, 1.165) is 18.2 Å². The molecule has 5 nitrogen and oxygen atoms in total. The van der Waals surface area contributed by atoms with Crippen LogP contribution in [0.25, 0.3) is 0 Å². The highest BCUT2D eigenvalue weighted by molar-refractivity contribution is 9.10. The summed E-state index contributed by atoms with van der Waals surface area (Å²) >= 11 is 4.23. The van der Waals surface area contributed by atoms with Gasteiger partial charge in [0.15, 0.2) is 5.16 Å². The fraction of sp³-hybridized carbons (Fsp3) is 0.273. The first kappa shape index (κ1) is 14.1. The van der Waals surface area contributed by atoms with E-state index >= 15 is 0 Å². The largest absolute Gasteiger partial charge is 0.398 e. The van der Waals surface area contributed by atoms with Crippen LogP contribution < -0.4 is 11.4 Å². The fourth-order valence-corrected chi connectivity index (χ4v) is 2.81. The molecule has 0 saturated carbocycles. The average Bonchev–Trinajstić information content (AvgIpc) is 2.69. The Morgan fingerprint density at radius 3 is 3.00 bits per heavy atom. The molecule has 0 unspecified atom stereocenters. The number of anilines is 1. The number of aromatic nitrogens is 3. The van der Waals surface area contributed by atoms with Crippen LogP contribution in [0.4, 0.5) is 10.1 Å². The van der Waals surface area contributed by atoms with Gasteiger partial charge >= 0.3 is 5.69 Å². The van der Waals surface area contributed by atoms with Crippen molar-refractivity contribution in [1.82, 2.24) is 14.8 Å². The van der Waals surface area contributed by atoms with Crippen molar-refractivity contribution in [3.05, 3.63) is 32.9 Å². The predicted octanol–water partition coefficient (Wildman–Crippen LogP) is 2.62. The standard InChI is InChI=1S/C11H12BrFN4OS/c1-2-3-17-10(18)15-16-11(17)19-9-5-7(13)6(12)4-8(9)14/h4-5H,2-3,14H2,1H3,(H,15,18). The Bertz CT molecular complexity index is 655. The maximum atomic E-state index is 13.5. The number of rotatable bonds is 4. The van der Waals surface area contributed by atoms with Crippen LogP contribution in [0, 0.1) is 5.82 Å². The molecule has 0 bridgehead atoms. The Morgan fingerprint density at radius 2 is 2.32 bits per heavy atom. The summed E-state index contributed by atoms with van der Waals surface area (Å²) in [6, 6.07) is 2.81. The van der Waals surface area contributed by atoms with E-state index in [9.17, 15) is 9.18 Å². The Labute approximate surface area is 121 Å². The van der Waals surface area contributed by atoms with Crippen LogP contribution in [-0.2, 0) is 6.54 Å². The van der Waals surface area contributed by atoms with Crippen molar-refractivity contribution in [3.63, 3.8) is 0 Å². The molecule has 8 heteroatoms. The van der Waals surface area contributed by atoms with Gasteiger partial charge in [-0.25, -0.2) is 14.3 Å². The summed E-state index contributed by atoms with van der Waals surface area (Å²) < 4.78 is 15.3. The van der Waals surface area contributed by atoms with E-state index in [4.69, 9.17) is 5.73 Å². The Hall–Kier alpha value is -1.28. The molecule has 2 rings (SSSR count). The molecule has 19 heavy (non-hydrogen) atoms. The van der Waals surface area contributed by atoms with Crippen molar-refractivity contribution in [2.45, 2.75) is 29.9 Å².